The maximum absolute atomic E-state index is 13.9. The monoisotopic (exact) mass is 753 g/mol. The lowest BCUT2D eigenvalue weighted by atomic mass is 9.68. The first kappa shape index (κ1) is 34.6. The van der Waals surface area contributed by atoms with E-state index in [0.29, 0.717) is 32.6 Å². The number of hydrogen-bond acceptors (Lipinski definition) is 9. The number of nitrogens with zero attached hydrogens (tertiary/aromatic N) is 1. The molecule has 0 bridgehead atoms. The minimum absolute atomic E-state index is 0.0599. The van der Waals surface area contributed by atoms with Crippen LogP contribution in [0.15, 0.2) is 83.4 Å². The Kier molecular flexibility index (Phi) is 11.1. The van der Waals surface area contributed by atoms with E-state index in [2.05, 4.69) is 0 Å². The van der Waals surface area contributed by atoms with E-state index in [9.17, 15) is 35.0 Å². The zero-order chi connectivity index (χ0) is 33.8. The van der Waals surface area contributed by atoms with Gasteiger partial charge in [-0.3, -0.25) is 14.5 Å². The van der Waals surface area contributed by atoms with Crippen molar-refractivity contribution in [2.75, 3.05) is 25.2 Å². The van der Waals surface area contributed by atoms with Gasteiger partial charge in [-0.15, -0.1) is 0 Å². The van der Waals surface area contributed by atoms with E-state index in [4.69, 9.17) is 9.47 Å². The number of aromatic hydroxyl groups is 1. The zero-order valence-electron chi connectivity index (χ0n) is 26.0. The minimum atomic E-state index is -1.78. The van der Waals surface area contributed by atoms with Crippen molar-refractivity contribution in [1.29, 1.82) is 0 Å². The third-order valence-electron chi connectivity index (χ3n) is 8.82. The van der Waals surface area contributed by atoms with Crippen LogP contribution in [0.25, 0.3) is 6.08 Å². The number of benzene rings is 3. The topological polar surface area (TPSA) is 157 Å². The third kappa shape index (κ3) is 7.41. The largest absolute Gasteiger partial charge is 0.504 e. The van der Waals surface area contributed by atoms with Crippen LogP contribution >= 0.6 is 22.6 Å². The van der Waals surface area contributed by atoms with Crippen molar-refractivity contribution in [2.45, 2.75) is 32.3 Å². The Labute approximate surface area is 287 Å². The molecule has 3 aromatic carbocycles. The number of phenols is 1. The number of anilines is 1. The number of hydrogen-bond donors (Lipinski definition) is 5. The average Bonchev–Trinajstić information content (AvgIpc) is 3.32. The number of methoxy groups -OCH3 is 1. The molecule has 2 amide bonds. The van der Waals surface area contributed by atoms with Crippen LogP contribution in [0.1, 0.15) is 31.7 Å². The summed E-state index contributed by atoms with van der Waals surface area (Å²) in [6, 6.07) is 18.6. The second kappa shape index (κ2) is 15.0. The molecule has 5 N–H and O–H groups in total. The highest BCUT2D eigenvalue weighted by atomic mass is 127. The number of aliphatic hydroxyl groups is 2. The molecule has 5 rings (SSSR count). The van der Waals surface area contributed by atoms with Gasteiger partial charge in [-0.05, 0) is 107 Å². The Morgan fingerprint density at radius 2 is 1.83 bits per heavy atom. The molecule has 1 aliphatic heterocycles. The SMILES string of the molecule is COc1cc(/C=C(\C)CC[C@@H](O)C2=C(COc3ccccc3)C[C@H]3C(=O)N(c4cccc(B(O)O)c4)C(=O)[C@H]3[C@H]2CO)cc(I)c1O. The molecule has 1 heterocycles. The van der Waals surface area contributed by atoms with Gasteiger partial charge in [0.2, 0.25) is 11.8 Å². The van der Waals surface area contributed by atoms with E-state index in [1.165, 1.54) is 25.3 Å². The first-order valence-corrected chi connectivity index (χ1v) is 16.4. The van der Waals surface area contributed by atoms with Gasteiger partial charge in [0.25, 0.3) is 0 Å². The molecular weight excluding hydrogens is 716 g/mol. The van der Waals surface area contributed by atoms with Crippen LogP contribution in [0.4, 0.5) is 5.69 Å². The molecule has 12 heteroatoms. The molecule has 0 unspecified atom stereocenters. The molecule has 10 nitrogen and oxygen atoms in total. The van der Waals surface area contributed by atoms with E-state index in [1.807, 2.05) is 59.9 Å². The molecular formula is C35H37BINO9. The Morgan fingerprint density at radius 1 is 1.09 bits per heavy atom. The molecule has 2 aliphatic rings. The van der Waals surface area contributed by atoms with Crippen LogP contribution in [0.2, 0.25) is 0 Å². The number of aliphatic hydroxyl groups excluding tert-OH is 2. The van der Waals surface area contributed by atoms with Crippen LogP contribution in [0, 0.1) is 21.3 Å². The first-order valence-electron chi connectivity index (χ1n) is 15.3. The lowest BCUT2D eigenvalue weighted by molar-refractivity contribution is -0.123. The quantitative estimate of drug-likeness (QED) is 0.0810. The van der Waals surface area contributed by atoms with Crippen LogP contribution in [-0.4, -0.2) is 70.7 Å². The van der Waals surface area contributed by atoms with Gasteiger partial charge in [-0.1, -0.05) is 42.0 Å². The van der Waals surface area contributed by atoms with Gasteiger partial charge in [0, 0.05) is 5.92 Å². The fourth-order valence-corrected chi connectivity index (χ4v) is 7.19. The lowest BCUT2D eigenvalue weighted by Crippen LogP contribution is -2.40. The molecule has 1 aliphatic carbocycles. The Morgan fingerprint density at radius 3 is 2.51 bits per heavy atom. The predicted molar refractivity (Wildman–Crippen MR) is 186 cm³/mol. The van der Waals surface area contributed by atoms with Crippen LogP contribution in [0.5, 0.6) is 17.2 Å². The smallest absolute Gasteiger partial charge is 0.488 e. The van der Waals surface area contributed by atoms with Gasteiger partial charge in [-0.2, -0.15) is 0 Å². The van der Waals surface area contributed by atoms with Gasteiger partial charge in [0.15, 0.2) is 11.5 Å². The molecule has 47 heavy (non-hydrogen) atoms. The highest BCUT2D eigenvalue weighted by Crippen LogP contribution is 2.47. The molecule has 1 fully saturated rings. The number of rotatable bonds is 12. The predicted octanol–water partition coefficient (Wildman–Crippen LogP) is 3.42. The number of fused-ring (bicyclic) bond motifs is 1. The van der Waals surface area contributed by atoms with E-state index in [1.54, 1.807) is 24.3 Å². The minimum Gasteiger partial charge on any atom is -0.504 e. The summed E-state index contributed by atoms with van der Waals surface area (Å²) in [4.78, 5) is 28.8. The number of amides is 2. The third-order valence-corrected chi connectivity index (χ3v) is 9.64. The van der Waals surface area contributed by atoms with Crippen LogP contribution in [-0.2, 0) is 9.59 Å². The van der Waals surface area contributed by atoms with Crippen molar-refractivity contribution in [2.24, 2.45) is 17.8 Å². The van der Waals surface area contributed by atoms with Gasteiger partial charge >= 0.3 is 7.12 Å². The molecule has 0 aromatic heterocycles. The maximum Gasteiger partial charge on any atom is 0.488 e. The van der Waals surface area contributed by atoms with Gasteiger partial charge < -0.3 is 34.8 Å². The summed E-state index contributed by atoms with van der Waals surface area (Å²) in [6.07, 6.45) is 1.84. The number of halogens is 1. The summed E-state index contributed by atoms with van der Waals surface area (Å²) in [7, 11) is -0.294. The standard InChI is InChI=1S/C35H37BINO9/c1-20(13-21-14-28(37)33(41)30(15-21)46-2)11-12-29(40)31-22(19-47-25-9-4-3-5-10-25)16-26-32(27(31)18-39)35(43)38(34(26)42)24-8-6-7-23(17-24)36(44)45/h3-10,13-15,17,26-27,29,32,39-41,44-45H,11-12,16,18-19H2,1-2H3/b20-13+/t26-,27+,29-,32-/m1/s1. The molecule has 0 saturated carbocycles. The number of allylic oxidation sites excluding steroid dienone is 1. The molecule has 0 spiro atoms. The van der Waals surface area contributed by atoms with E-state index in [0.717, 1.165) is 16.0 Å². The van der Waals surface area contributed by atoms with Crippen molar-refractivity contribution in [3.05, 3.63) is 92.6 Å². The van der Waals surface area contributed by atoms with Crippen molar-refractivity contribution in [3.63, 3.8) is 0 Å². The van der Waals surface area contributed by atoms with E-state index >= 15 is 0 Å². The number of carbonyl (C=O) groups is 2. The molecule has 1 saturated heterocycles. The van der Waals surface area contributed by atoms with Gasteiger partial charge in [-0.25, -0.2) is 0 Å². The lowest BCUT2D eigenvalue weighted by Gasteiger charge is -2.36. The second-order valence-corrected chi connectivity index (χ2v) is 13.0. The van der Waals surface area contributed by atoms with Gasteiger partial charge in [0.05, 0.1) is 40.9 Å². The van der Waals surface area contributed by atoms with Crippen LogP contribution < -0.4 is 19.8 Å². The van der Waals surface area contributed by atoms with Crippen molar-refractivity contribution >= 4 is 58.7 Å². The fourth-order valence-electron chi connectivity index (χ4n) is 6.57. The summed E-state index contributed by atoms with van der Waals surface area (Å²) < 4.78 is 12.0. The first-order chi connectivity index (χ1) is 22.5. The Balaban J connectivity index is 1.44. The van der Waals surface area contributed by atoms with E-state index in [-0.39, 0.29) is 36.3 Å². The molecule has 4 atom stereocenters. The second-order valence-electron chi connectivity index (χ2n) is 11.9. The Hall–Kier alpha value is -3.69. The van der Waals surface area contributed by atoms with Crippen molar-refractivity contribution in [3.8, 4) is 17.2 Å². The zero-order valence-corrected chi connectivity index (χ0v) is 28.2. The number of carbonyl (C=O) groups excluding carboxylic acids is 2. The fraction of sp³-hybridized carbons (Fsp3) is 0.314. The summed E-state index contributed by atoms with van der Waals surface area (Å²) in [5, 5.41) is 52.0. The van der Waals surface area contributed by atoms with E-state index < -0.39 is 49.4 Å². The van der Waals surface area contributed by atoms with Crippen LogP contribution in [0.3, 0.4) is 0 Å². The number of para-hydroxylation sites is 1. The Bertz CT molecular complexity index is 1690. The average molecular weight is 753 g/mol. The normalized spacial score (nSPS) is 20.4. The maximum atomic E-state index is 13.9. The summed E-state index contributed by atoms with van der Waals surface area (Å²) >= 11 is 2.03. The number of imide groups is 1. The van der Waals surface area contributed by atoms with Crippen molar-refractivity contribution in [1.82, 2.24) is 0 Å². The molecule has 3 aromatic rings. The summed E-state index contributed by atoms with van der Waals surface area (Å²) in [6.45, 7) is 1.52. The highest BCUT2D eigenvalue weighted by Gasteiger charge is 2.55. The summed E-state index contributed by atoms with van der Waals surface area (Å²) in [5.41, 5.74) is 3.28. The van der Waals surface area contributed by atoms with Crippen molar-refractivity contribution < 1.29 is 44.4 Å². The number of ether oxygens (including phenoxy) is 2. The van der Waals surface area contributed by atoms with Gasteiger partial charge in [0.1, 0.15) is 12.4 Å². The highest BCUT2D eigenvalue weighted by molar-refractivity contribution is 14.1. The molecule has 246 valence electrons. The number of phenolic OH excluding ortho intramolecular Hbond substituents is 1. The summed E-state index contributed by atoms with van der Waals surface area (Å²) in [5.74, 6) is -2.48. The molecule has 0 radical (unpaired) electrons.